The van der Waals surface area contributed by atoms with Crippen LogP contribution in [0.15, 0.2) is 36.4 Å². The average Bonchev–Trinajstić information content (AvgIpc) is 2.97. The molecule has 5 heteroatoms. The van der Waals surface area contributed by atoms with Crippen LogP contribution in [0.2, 0.25) is 5.02 Å². The Labute approximate surface area is 266 Å². The average molecular weight is 649 g/mol. The van der Waals surface area contributed by atoms with Crippen molar-refractivity contribution in [1.29, 1.82) is 0 Å². The van der Waals surface area contributed by atoms with Gasteiger partial charge >= 0.3 is 0 Å². The van der Waals surface area contributed by atoms with Crippen molar-refractivity contribution in [2.24, 2.45) is 0 Å². The zero-order valence-electron chi connectivity index (χ0n) is 26.1. The fraction of sp³-hybridized carbons (Fsp3) is 0.639. The highest BCUT2D eigenvalue weighted by atomic mass is 79.9. The second-order valence-electron chi connectivity index (χ2n) is 11.6. The lowest BCUT2D eigenvalue weighted by Gasteiger charge is -2.23. The molecule has 0 aliphatic carbocycles. The lowest BCUT2D eigenvalue weighted by Crippen LogP contribution is -3.00. The first-order valence-corrected chi connectivity index (χ1v) is 16.7. The number of unbranched alkanes of at least 4 members (excludes halogenated alkanes) is 13. The number of nitrogens with zero attached hydrogens (tertiary/aromatic N) is 1. The lowest BCUT2D eigenvalue weighted by molar-refractivity contribution is -0.545. The monoisotopic (exact) mass is 647 g/mol. The van der Waals surface area contributed by atoms with Crippen LogP contribution < -0.4 is 26.5 Å². The van der Waals surface area contributed by atoms with Crippen molar-refractivity contribution in [2.45, 2.75) is 130 Å². The summed E-state index contributed by atoms with van der Waals surface area (Å²) in [5.74, 6) is 1.85. The van der Waals surface area contributed by atoms with Gasteiger partial charge in [0.15, 0.2) is 23.8 Å². The minimum atomic E-state index is 0. The van der Waals surface area contributed by atoms with Crippen molar-refractivity contribution in [1.82, 2.24) is 0 Å². The maximum atomic E-state index is 6.47. The number of hydrogen-bond donors (Lipinski definition) is 0. The molecule has 0 aromatic heterocycles. The van der Waals surface area contributed by atoms with Crippen molar-refractivity contribution >= 4 is 17.3 Å². The van der Waals surface area contributed by atoms with Crippen LogP contribution in [0, 0.1) is 0 Å². The molecule has 1 aliphatic heterocycles. The largest absolute Gasteiger partial charge is 1.00 e. The molecule has 3 rings (SSSR count). The first-order valence-electron chi connectivity index (χ1n) is 16.4. The van der Waals surface area contributed by atoms with E-state index in [1.807, 2.05) is 12.1 Å². The zero-order valence-corrected chi connectivity index (χ0v) is 28.5. The summed E-state index contributed by atoms with van der Waals surface area (Å²) in [5, 5.41) is 0.797. The van der Waals surface area contributed by atoms with E-state index in [0.29, 0.717) is 0 Å². The molecule has 0 saturated heterocycles. The first kappa shape index (κ1) is 35.7. The third kappa shape index (κ3) is 12.3. The summed E-state index contributed by atoms with van der Waals surface area (Å²) >= 11 is 6.18. The van der Waals surface area contributed by atoms with E-state index < -0.39 is 0 Å². The van der Waals surface area contributed by atoms with Crippen LogP contribution in [0.25, 0.3) is 0 Å². The van der Waals surface area contributed by atoms with Crippen LogP contribution in [-0.4, -0.2) is 30.5 Å². The summed E-state index contributed by atoms with van der Waals surface area (Å²) in [6, 6.07) is 12.7. The van der Waals surface area contributed by atoms with Gasteiger partial charge in [0.05, 0.1) is 13.7 Å². The van der Waals surface area contributed by atoms with E-state index in [1.165, 1.54) is 112 Å². The van der Waals surface area contributed by atoms with E-state index in [-0.39, 0.29) is 17.0 Å². The summed E-state index contributed by atoms with van der Waals surface area (Å²) < 4.78 is 14.9. The Kier molecular flexibility index (Phi) is 18.5. The van der Waals surface area contributed by atoms with E-state index in [4.69, 9.17) is 21.1 Å². The molecule has 0 fully saturated rings. The number of fused-ring (bicyclic) bond motifs is 1. The molecule has 0 amide bonds. The highest BCUT2D eigenvalue weighted by molar-refractivity contribution is 6.30. The minimum Gasteiger partial charge on any atom is -1.00 e. The SMILES string of the molecule is CCCCCCCCCCCC1=[N+](Cc2ccc(Cl)cc2)CCc2c1ccc(OC)c2OCCCCCCCC.[Br-]. The van der Waals surface area contributed by atoms with Gasteiger partial charge in [-0.05, 0) is 37.1 Å². The first-order chi connectivity index (χ1) is 19.7. The molecule has 0 bridgehead atoms. The van der Waals surface area contributed by atoms with Crippen LogP contribution in [0.5, 0.6) is 11.5 Å². The fourth-order valence-electron chi connectivity index (χ4n) is 5.93. The molecule has 1 heterocycles. The number of halogens is 2. The molecular weight excluding hydrogens is 594 g/mol. The van der Waals surface area contributed by atoms with Gasteiger partial charge in [-0.2, -0.15) is 0 Å². The smallest absolute Gasteiger partial charge is 0.184 e. The van der Waals surface area contributed by atoms with Gasteiger partial charge in [0.1, 0.15) is 6.54 Å². The molecule has 1 aliphatic rings. The van der Waals surface area contributed by atoms with Crippen LogP contribution in [0.3, 0.4) is 0 Å². The Bertz CT molecular complexity index is 1020. The normalized spacial score (nSPS) is 12.7. The van der Waals surface area contributed by atoms with E-state index in [0.717, 1.165) is 55.5 Å². The predicted octanol–water partition coefficient (Wildman–Crippen LogP) is 7.57. The summed E-state index contributed by atoms with van der Waals surface area (Å²) in [6.07, 6.45) is 21.9. The molecule has 0 unspecified atom stereocenters. The van der Waals surface area contributed by atoms with Crippen LogP contribution in [-0.2, 0) is 13.0 Å². The molecule has 2 aromatic carbocycles. The Morgan fingerprint density at radius 3 is 1.93 bits per heavy atom. The molecule has 0 spiro atoms. The highest BCUT2D eigenvalue weighted by Crippen LogP contribution is 2.37. The predicted molar refractivity (Wildman–Crippen MR) is 172 cm³/mol. The van der Waals surface area contributed by atoms with Gasteiger partial charge in [-0.3, -0.25) is 0 Å². The van der Waals surface area contributed by atoms with Gasteiger partial charge in [-0.25, -0.2) is 4.58 Å². The van der Waals surface area contributed by atoms with Gasteiger partial charge in [-0.1, -0.05) is 121 Å². The molecular formula is C36H55BrClNO2. The van der Waals surface area contributed by atoms with Crippen LogP contribution in [0.1, 0.15) is 133 Å². The Morgan fingerprint density at radius 2 is 1.32 bits per heavy atom. The van der Waals surface area contributed by atoms with Gasteiger partial charge in [-0.15, -0.1) is 0 Å². The van der Waals surface area contributed by atoms with Crippen molar-refractivity contribution in [3.63, 3.8) is 0 Å². The number of benzene rings is 2. The molecule has 0 atom stereocenters. The fourth-order valence-corrected chi connectivity index (χ4v) is 6.06. The second kappa shape index (κ2) is 21.2. The van der Waals surface area contributed by atoms with Crippen LogP contribution in [0.4, 0.5) is 0 Å². The van der Waals surface area contributed by atoms with E-state index >= 15 is 0 Å². The maximum Gasteiger partial charge on any atom is 0.184 e. The van der Waals surface area contributed by atoms with Crippen molar-refractivity contribution < 1.29 is 31.0 Å². The molecule has 41 heavy (non-hydrogen) atoms. The molecule has 0 radical (unpaired) electrons. The molecule has 3 nitrogen and oxygen atoms in total. The van der Waals surface area contributed by atoms with Gasteiger partial charge in [0, 0.05) is 34.6 Å². The summed E-state index contributed by atoms with van der Waals surface area (Å²) in [6.45, 7) is 7.25. The van der Waals surface area contributed by atoms with Crippen molar-refractivity contribution in [3.05, 3.63) is 58.1 Å². The Hall–Kier alpha value is -1.52. The third-order valence-electron chi connectivity index (χ3n) is 8.32. The number of methoxy groups -OCH3 is 1. The minimum absolute atomic E-state index is 0. The summed E-state index contributed by atoms with van der Waals surface area (Å²) in [7, 11) is 1.77. The maximum absolute atomic E-state index is 6.47. The number of hydrogen-bond acceptors (Lipinski definition) is 2. The number of ether oxygens (including phenoxy) is 2. The van der Waals surface area contributed by atoms with Crippen LogP contribution >= 0.6 is 11.6 Å². The molecule has 0 saturated carbocycles. The zero-order chi connectivity index (χ0) is 28.4. The standard InChI is InChI=1S/C36H55ClNO2.BrH/c1-4-6-8-10-12-13-14-15-17-19-34-32-24-25-35(39-3)36(40-28-18-16-11-9-7-5-2)33(32)26-27-38(34)29-30-20-22-31(37)23-21-30;/h20-25H,4-19,26-29H2,1-3H3;1H/q+1;/p-1. The summed E-state index contributed by atoms with van der Waals surface area (Å²) in [4.78, 5) is 0. The third-order valence-corrected chi connectivity index (χ3v) is 8.57. The molecule has 230 valence electrons. The van der Waals surface area contributed by atoms with E-state index in [1.54, 1.807) is 7.11 Å². The van der Waals surface area contributed by atoms with Crippen molar-refractivity contribution in [3.8, 4) is 11.5 Å². The Morgan fingerprint density at radius 1 is 0.732 bits per heavy atom. The Balaban J connectivity index is 0.00000588. The lowest BCUT2D eigenvalue weighted by atomic mass is 9.91. The quantitative estimate of drug-likeness (QED) is 0.103. The highest BCUT2D eigenvalue weighted by Gasteiger charge is 2.29. The van der Waals surface area contributed by atoms with Crippen molar-refractivity contribution in [2.75, 3.05) is 20.3 Å². The summed E-state index contributed by atoms with van der Waals surface area (Å²) in [5.41, 5.74) is 5.47. The second-order valence-corrected chi connectivity index (χ2v) is 12.0. The topological polar surface area (TPSA) is 21.5 Å². The van der Waals surface area contributed by atoms with E-state index in [9.17, 15) is 0 Å². The molecule has 0 N–H and O–H groups in total. The van der Waals surface area contributed by atoms with Gasteiger partial charge in [0.25, 0.3) is 0 Å². The number of rotatable bonds is 21. The van der Waals surface area contributed by atoms with Gasteiger partial charge < -0.3 is 26.5 Å². The van der Waals surface area contributed by atoms with Gasteiger partial charge in [0.2, 0.25) is 0 Å². The van der Waals surface area contributed by atoms with E-state index in [2.05, 4.69) is 42.7 Å². The molecule has 2 aromatic rings.